The summed E-state index contributed by atoms with van der Waals surface area (Å²) in [5.41, 5.74) is -0.769. The molecule has 2 aliphatic rings. The topological polar surface area (TPSA) is 121 Å². The molecule has 9 heteroatoms. The van der Waals surface area contributed by atoms with Gasteiger partial charge < -0.3 is 15.0 Å². The number of fused-ring (bicyclic) bond motifs is 1. The van der Waals surface area contributed by atoms with Gasteiger partial charge in [0.1, 0.15) is 12.1 Å². The molecule has 2 heterocycles. The van der Waals surface area contributed by atoms with Crippen LogP contribution >= 0.6 is 0 Å². The van der Waals surface area contributed by atoms with E-state index in [2.05, 4.69) is 15.3 Å². The third-order valence-electron chi connectivity index (χ3n) is 6.11. The molecule has 0 radical (unpaired) electrons. The summed E-state index contributed by atoms with van der Waals surface area (Å²) < 4.78 is 5.36. The second kappa shape index (κ2) is 7.55. The molecule has 1 saturated heterocycles. The third-order valence-corrected chi connectivity index (χ3v) is 6.11. The maximum Gasteiger partial charge on any atom is 0.326 e. The van der Waals surface area contributed by atoms with Gasteiger partial charge in [0.05, 0.1) is 10.9 Å². The average Bonchev–Trinajstić information content (AvgIpc) is 2.95. The van der Waals surface area contributed by atoms with Gasteiger partial charge in [-0.25, -0.2) is 9.78 Å². The smallest absolute Gasteiger partial charge is 0.326 e. The van der Waals surface area contributed by atoms with Crippen LogP contribution in [0.5, 0.6) is 0 Å². The summed E-state index contributed by atoms with van der Waals surface area (Å²) in [5, 5.41) is 3.24. The number of carbonyl (C=O) groups excluding carboxylic acids is 3. The molecule has 158 valence electrons. The maximum atomic E-state index is 13.0. The van der Waals surface area contributed by atoms with Crippen molar-refractivity contribution >= 4 is 28.8 Å². The van der Waals surface area contributed by atoms with Crippen LogP contribution in [0.3, 0.4) is 0 Å². The van der Waals surface area contributed by atoms with Crippen molar-refractivity contribution in [2.75, 3.05) is 6.54 Å². The molecule has 1 aromatic carbocycles. The van der Waals surface area contributed by atoms with E-state index in [0.29, 0.717) is 17.3 Å². The minimum atomic E-state index is -0.924. The molecule has 3 amide bonds. The van der Waals surface area contributed by atoms with E-state index in [1.165, 1.54) is 0 Å². The highest BCUT2D eigenvalue weighted by atomic mass is 16.5. The number of urea groups is 1. The highest BCUT2D eigenvalue weighted by molar-refractivity contribution is 6.09. The van der Waals surface area contributed by atoms with Crippen molar-refractivity contribution in [3.8, 4) is 0 Å². The standard InChI is InChI=1S/C21H24N4O5/c1-12-7-5-6-10-21(12)19(28)25(20(29)24-21)11-16(26)30-13(2)17-22-15-9-4-3-8-14(15)18(27)23-17/h3-4,8-9,12-13H,5-7,10-11H2,1-2H3,(H,24,29)(H,22,23,27)/t12-,13+,21+/m1/s1. The lowest BCUT2D eigenvalue weighted by atomic mass is 9.73. The predicted molar refractivity (Wildman–Crippen MR) is 107 cm³/mol. The SMILES string of the molecule is C[C@H](OC(=O)CN1C(=O)N[C@]2(CCCC[C@H]2C)C1=O)c1nc2ccccc2c(=O)[nH]1. The van der Waals surface area contributed by atoms with Gasteiger partial charge in [0, 0.05) is 0 Å². The second-order valence-corrected chi connectivity index (χ2v) is 8.04. The number of amides is 3. The van der Waals surface area contributed by atoms with Crippen LogP contribution in [-0.4, -0.2) is 44.9 Å². The van der Waals surface area contributed by atoms with Crippen molar-refractivity contribution in [2.45, 2.75) is 51.2 Å². The minimum absolute atomic E-state index is 0.00881. The predicted octanol–water partition coefficient (Wildman–Crippen LogP) is 2.03. The van der Waals surface area contributed by atoms with Crippen LogP contribution in [0.25, 0.3) is 10.9 Å². The van der Waals surface area contributed by atoms with Crippen LogP contribution in [0.2, 0.25) is 0 Å². The Morgan fingerprint density at radius 2 is 2.07 bits per heavy atom. The molecule has 2 fully saturated rings. The molecule has 2 aromatic rings. The number of carbonyl (C=O) groups is 3. The third kappa shape index (κ3) is 3.34. The van der Waals surface area contributed by atoms with Gasteiger partial charge in [0.25, 0.3) is 11.5 Å². The monoisotopic (exact) mass is 412 g/mol. The van der Waals surface area contributed by atoms with Gasteiger partial charge in [-0.05, 0) is 37.8 Å². The fourth-order valence-electron chi connectivity index (χ4n) is 4.36. The van der Waals surface area contributed by atoms with Gasteiger partial charge in [-0.1, -0.05) is 31.9 Å². The number of aromatic amines is 1. The molecule has 30 heavy (non-hydrogen) atoms. The molecule has 4 rings (SSSR count). The van der Waals surface area contributed by atoms with E-state index in [9.17, 15) is 19.2 Å². The van der Waals surface area contributed by atoms with Crippen molar-refractivity contribution in [1.29, 1.82) is 0 Å². The zero-order valence-corrected chi connectivity index (χ0v) is 16.9. The van der Waals surface area contributed by atoms with E-state index < -0.39 is 30.2 Å². The summed E-state index contributed by atoms with van der Waals surface area (Å²) in [6.07, 6.45) is 2.44. The Bertz CT molecular complexity index is 1080. The largest absolute Gasteiger partial charge is 0.453 e. The van der Waals surface area contributed by atoms with Gasteiger partial charge >= 0.3 is 12.0 Å². The summed E-state index contributed by atoms with van der Waals surface area (Å²) >= 11 is 0. The summed E-state index contributed by atoms with van der Waals surface area (Å²) in [4.78, 5) is 57.9. The number of H-pyrrole nitrogens is 1. The Labute approximate surface area is 172 Å². The lowest BCUT2D eigenvalue weighted by Gasteiger charge is -2.36. The summed E-state index contributed by atoms with van der Waals surface area (Å²) in [7, 11) is 0. The number of ether oxygens (including phenoxy) is 1. The normalized spacial score (nSPS) is 24.9. The van der Waals surface area contributed by atoms with Crippen molar-refractivity contribution < 1.29 is 19.1 Å². The number of nitrogens with zero attached hydrogens (tertiary/aromatic N) is 2. The summed E-state index contributed by atoms with van der Waals surface area (Å²) in [5.74, 6) is -0.917. The van der Waals surface area contributed by atoms with Gasteiger partial charge in [0.15, 0.2) is 11.9 Å². The minimum Gasteiger partial charge on any atom is -0.453 e. The summed E-state index contributed by atoms with van der Waals surface area (Å²) in [6.45, 7) is 3.03. The van der Waals surface area contributed by atoms with E-state index in [1.54, 1.807) is 31.2 Å². The fourth-order valence-corrected chi connectivity index (χ4v) is 4.36. The summed E-state index contributed by atoms with van der Waals surface area (Å²) in [6, 6.07) is 6.27. The molecular formula is C21H24N4O5. The number of rotatable bonds is 4. The van der Waals surface area contributed by atoms with E-state index in [1.807, 2.05) is 6.92 Å². The van der Waals surface area contributed by atoms with E-state index >= 15 is 0 Å². The first-order valence-corrected chi connectivity index (χ1v) is 10.1. The Kier molecular flexibility index (Phi) is 5.05. The number of benzene rings is 1. The van der Waals surface area contributed by atoms with Gasteiger partial charge in [0.2, 0.25) is 0 Å². The number of esters is 1. The number of imide groups is 1. The molecule has 0 unspecified atom stereocenters. The Hall–Kier alpha value is -3.23. The molecule has 0 bridgehead atoms. The Morgan fingerprint density at radius 1 is 1.30 bits per heavy atom. The molecule has 3 atom stereocenters. The van der Waals surface area contributed by atoms with Crippen LogP contribution in [0.4, 0.5) is 4.79 Å². The van der Waals surface area contributed by atoms with Crippen molar-refractivity contribution in [2.24, 2.45) is 5.92 Å². The van der Waals surface area contributed by atoms with Crippen LogP contribution in [0.15, 0.2) is 29.1 Å². The first kappa shape index (κ1) is 20.1. The van der Waals surface area contributed by atoms with Crippen molar-refractivity contribution in [3.05, 3.63) is 40.4 Å². The average molecular weight is 412 g/mol. The molecule has 9 nitrogen and oxygen atoms in total. The Balaban J connectivity index is 1.46. The lowest BCUT2D eigenvalue weighted by Crippen LogP contribution is -2.54. The second-order valence-electron chi connectivity index (χ2n) is 8.04. The molecule has 1 aromatic heterocycles. The molecule has 1 saturated carbocycles. The lowest BCUT2D eigenvalue weighted by molar-refractivity contribution is -0.152. The highest BCUT2D eigenvalue weighted by Crippen LogP contribution is 2.38. The van der Waals surface area contributed by atoms with E-state index in [4.69, 9.17) is 4.74 Å². The molecular weight excluding hydrogens is 388 g/mol. The fraction of sp³-hybridized carbons (Fsp3) is 0.476. The molecule has 1 spiro atoms. The number of hydrogen-bond donors (Lipinski definition) is 2. The number of nitrogens with one attached hydrogen (secondary N) is 2. The van der Waals surface area contributed by atoms with Crippen molar-refractivity contribution in [1.82, 2.24) is 20.2 Å². The zero-order valence-electron chi connectivity index (χ0n) is 16.9. The quantitative estimate of drug-likeness (QED) is 0.585. The van der Waals surface area contributed by atoms with Gasteiger partial charge in [-0.15, -0.1) is 0 Å². The Morgan fingerprint density at radius 3 is 2.83 bits per heavy atom. The first-order chi connectivity index (χ1) is 14.3. The van der Waals surface area contributed by atoms with Crippen LogP contribution < -0.4 is 10.9 Å². The van der Waals surface area contributed by atoms with Crippen LogP contribution in [-0.2, 0) is 14.3 Å². The molecule has 1 aliphatic heterocycles. The number of para-hydroxylation sites is 1. The molecule has 1 aliphatic carbocycles. The van der Waals surface area contributed by atoms with Crippen LogP contribution in [0, 0.1) is 5.92 Å². The van der Waals surface area contributed by atoms with Crippen LogP contribution in [0.1, 0.15) is 51.5 Å². The number of hydrogen-bond acceptors (Lipinski definition) is 6. The van der Waals surface area contributed by atoms with E-state index in [-0.39, 0.29) is 23.2 Å². The van der Waals surface area contributed by atoms with E-state index in [0.717, 1.165) is 24.2 Å². The maximum absolute atomic E-state index is 13.0. The van der Waals surface area contributed by atoms with Gasteiger partial charge in [-0.3, -0.25) is 19.3 Å². The first-order valence-electron chi connectivity index (χ1n) is 10.1. The number of aromatic nitrogens is 2. The highest BCUT2D eigenvalue weighted by Gasteiger charge is 2.55. The zero-order chi connectivity index (χ0) is 21.5. The van der Waals surface area contributed by atoms with Crippen molar-refractivity contribution in [3.63, 3.8) is 0 Å². The van der Waals surface area contributed by atoms with Gasteiger partial charge in [-0.2, -0.15) is 0 Å². The molecule has 2 N–H and O–H groups in total.